The Hall–Kier alpha value is -3.92. The molecule has 0 bridgehead atoms. The number of benzene rings is 3. The summed E-state index contributed by atoms with van der Waals surface area (Å²) in [7, 11) is 4.05. The van der Waals surface area contributed by atoms with Crippen molar-refractivity contribution in [1.82, 2.24) is 20.2 Å². The molecule has 0 radical (unpaired) electrons. The molecule has 3 aromatic carbocycles. The van der Waals surface area contributed by atoms with Crippen LogP contribution in [-0.2, 0) is 19.6 Å². The molecular weight excluding hydrogens is 528 g/mol. The molecule has 2 aliphatic rings. The minimum absolute atomic E-state index is 0.0345. The van der Waals surface area contributed by atoms with Crippen LogP contribution in [0.3, 0.4) is 0 Å². The van der Waals surface area contributed by atoms with Gasteiger partial charge in [-0.1, -0.05) is 54.6 Å². The molecule has 1 saturated heterocycles. The number of aromatic nitrogens is 2. The van der Waals surface area contributed by atoms with Crippen LogP contribution in [0.1, 0.15) is 16.8 Å². The predicted octanol–water partition coefficient (Wildman–Crippen LogP) is 3.48. The normalized spacial score (nSPS) is 17.0. The second kappa shape index (κ2) is 12.9. The zero-order valence-electron chi connectivity index (χ0n) is 24.5. The van der Waals surface area contributed by atoms with Crippen molar-refractivity contribution in [2.75, 3.05) is 69.8 Å². The number of anilines is 2. The van der Waals surface area contributed by atoms with Crippen LogP contribution in [0, 0.1) is 0 Å². The minimum Gasteiger partial charge on any atom is -0.489 e. The molecule has 4 aromatic rings. The van der Waals surface area contributed by atoms with E-state index in [0.29, 0.717) is 25.8 Å². The second-order valence-electron chi connectivity index (χ2n) is 11.3. The molecule has 6 rings (SSSR count). The maximum Gasteiger partial charge on any atom is 0.318 e. The molecule has 220 valence electrons. The van der Waals surface area contributed by atoms with Crippen molar-refractivity contribution in [1.29, 1.82) is 0 Å². The standard InChI is InChI=1S/C33H40N6O3/c1-37(2)16-17-41-33-35-30-21-38(14-12-29(30)32(36-33)39-15-13-34-20-26(39)22-40)31-19-27(18-25-10-6-7-11-28(25)31)42-23-24-8-4-3-5-9-24/h3-11,18-19,26,34,40H,12-17,20-23H2,1-2H3. The molecule has 1 atom stereocenters. The van der Waals surface area contributed by atoms with E-state index in [1.165, 1.54) is 5.39 Å². The monoisotopic (exact) mass is 568 g/mol. The van der Waals surface area contributed by atoms with Gasteiger partial charge in [0.25, 0.3) is 0 Å². The number of nitrogens with zero attached hydrogens (tertiary/aromatic N) is 5. The van der Waals surface area contributed by atoms with Crippen molar-refractivity contribution < 1.29 is 14.6 Å². The highest BCUT2D eigenvalue weighted by atomic mass is 16.5. The molecular formula is C33H40N6O3. The number of hydrogen-bond acceptors (Lipinski definition) is 9. The summed E-state index contributed by atoms with van der Waals surface area (Å²) in [4.78, 5) is 16.6. The average molecular weight is 569 g/mol. The van der Waals surface area contributed by atoms with Crippen LogP contribution in [0.2, 0.25) is 0 Å². The number of aliphatic hydroxyl groups is 1. The van der Waals surface area contributed by atoms with Gasteiger partial charge in [-0.15, -0.1) is 0 Å². The maximum atomic E-state index is 10.2. The van der Waals surface area contributed by atoms with E-state index in [2.05, 4.69) is 68.5 Å². The van der Waals surface area contributed by atoms with Gasteiger partial charge in [-0.2, -0.15) is 9.97 Å². The first-order valence-corrected chi connectivity index (χ1v) is 14.8. The molecule has 9 heteroatoms. The highest BCUT2D eigenvalue weighted by Crippen LogP contribution is 2.37. The molecule has 0 saturated carbocycles. The Bertz CT molecular complexity index is 1500. The molecule has 0 amide bonds. The van der Waals surface area contributed by atoms with Gasteiger partial charge in [0.05, 0.1) is 24.9 Å². The van der Waals surface area contributed by atoms with Gasteiger partial charge in [-0.25, -0.2) is 0 Å². The highest BCUT2D eigenvalue weighted by molar-refractivity contribution is 5.95. The molecule has 0 aliphatic carbocycles. The van der Waals surface area contributed by atoms with E-state index in [9.17, 15) is 5.11 Å². The van der Waals surface area contributed by atoms with Gasteiger partial charge in [0.15, 0.2) is 0 Å². The third kappa shape index (κ3) is 6.28. The van der Waals surface area contributed by atoms with Crippen molar-refractivity contribution in [2.24, 2.45) is 0 Å². The van der Waals surface area contributed by atoms with Crippen LogP contribution in [0.15, 0.2) is 66.7 Å². The Labute approximate surface area is 247 Å². The fourth-order valence-corrected chi connectivity index (χ4v) is 5.77. The summed E-state index contributed by atoms with van der Waals surface area (Å²) in [5.41, 5.74) is 4.39. The number of likely N-dealkylation sites (N-methyl/N-ethyl adjacent to an activating group) is 1. The van der Waals surface area contributed by atoms with Gasteiger partial charge in [0.1, 0.15) is 24.8 Å². The molecule has 2 N–H and O–H groups in total. The summed E-state index contributed by atoms with van der Waals surface area (Å²) >= 11 is 0. The third-order valence-electron chi connectivity index (χ3n) is 8.03. The van der Waals surface area contributed by atoms with Crippen LogP contribution < -0.4 is 24.6 Å². The minimum atomic E-state index is -0.0345. The first-order valence-electron chi connectivity index (χ1n) is 14.8. The van der Waals surface area contributed by atoms with E-state index in [4.69, 9.17) is 19.4 Å². The quantitative estimate of drug-likeness (QED) is 0.299. The first kappa shape index (κ1) is 28.2. The zero-order chi connectivity index (χ0) is 28.9. The van der Waals surface area contributed by atoms with Gasteiger partial charge in [0.2, 0.25) is 0 Å². The largest absolute Gasteiger partial charge is 0.489 e. The molecule has 42 heavy (non-hydrogen) atoms. The summed E-state index contributed by atoms with van der Waals surface area (Å²) < 4.78 is 12.4. The number of fused-ring (bicyclic) bond motifs is 2. The SMILES string of the molecule is CN(C)CCOc1nc2c(c(N3CCNCC3CO)n1)CCN(c1cc(OCc3ccccc3)cc3ccccc13)C2. The van der Waals surface area contributed by atoms with Gasteiger partial charge < -0.3 is 34.6 Å². The lowest BCUT2D eigenvalue weighted by molar-refractivity contribution is 0.239. The summed E-state index contributed by atoms with van der Waals surface area (Å²) in [5.74, 6) is 1.74. The van der Waals surface area contributed by atoms with Crippen molar-refractivity contribution >= 4 is 22.3 Å². The third-order valence-corrected chi connectivity index (χ3v) is 8.03. The molecule has 9 nitrogen and oxygen atoms in total. The summed E-state index contributed by atoms with van der Waals surface area (Å²) in [6.07, 6.45) is 0.800. The van der Waals surface area contributed by atoms with E-state index < -0.39 is 0 Å². The molecule has 1 fully saturated rings. The van der Waals surface area contributed by atoms with Crippen LogP contribution in [-0.4, -0.2) is 86.0 Å². The molecule has 2 aliphatic heterocycles. The maximum absolute atomic E-state index is 10.2. The lowest BCUT2D eigenvalue weighted by atomic mass is 10.0. The lowest BCUT2D eigenvalue weighted by Crippen LogP contribution is -2.54. The van der Waals surface area contributed by atoms with Crippen molar-refractivity contribution in [3.05, 3.63) is 83.6 Å². The Kier molecular flexibility index (Phi) is 8.69. The van der Waals surface area contributed by atoms with Gasteiger partial charge >= 0.3 is 6.01 Å². The number of ether oxygens (including phenoxy) is 2. The highest BCUT2D eigenvalue weighted by Gasteiger charge is 2.30. The summed E-state index contributed by atoms with van der Waals surface area (Å²) in [5, 5.41) is 15.9. The molecule has 1 unspecified atom stereocenters. The van der Waals surface area contributed by atoms with Gasteiger partial charge in [-0.05, 0) is 37.5 Å². The Morgan fingerprint density at radius 1 is 1.00 bits per heavy atom. The fourth-order valence-electron chi connectivity index (χ4n) is 5.77. The van der Waals surface area contributed by atoms with E-state index in [0.717, 1.165) is 78.6 Å². The topological polar surface area (TPSA) is 86.2 Å². The number of hydrogen-bond donors (Lipinski definition) is 2. The van der Waals surface area contributed by atoms with E-state index in [1.807, 2.05) is 32.3 Å². The summed E-state index contributed by atoms with van der Waals surface area (Å²) in [6, 6.07) is 23.4. The fraction of sp³-hybridized carbons (Fsp3) is 0.394. The smallest absolute Gasteiger partial charge is 0.318 e. The molecule has 1 aromatic heterocycles. The number of piperazine rings is 1. The van der Waals surface area contributed by atoms with Gasteiger partial charge in [-0.3, -0.25) is 0 Å². The van der Waals surface area contributed by atoms with Crippen LogP contribution in [0.25, 0.3) is 10.8 Å². The lowest BCUT2D eigenvalue weighted by Gasteiger charge is -2.39. The van der Waals surface area contributed by atoms with E-state index in [1.54, 1.807) is 0 Å². The van der Waals surface area contributed by atoms with Crippen LogP contribution >= 0.6 is 0 Å². The van der Waals surface area contributed by atoms with Crippen molar-refractivity contribution in [3.63, 3.8) is 0 Å². The number of nitrogens with one attached hydrogen (secondary N) is 1. The first-order chi connectivity index (χ1) is 20.6. The van der Waals surface area contributed by atoms with Crippen molar-refractivity contribution in [3.8, 4) is 11.8 Å². The second-order valence-corrected chi connectivity index (χ2v) is 11.3. The molecule has 0 spiro atoms. The Morgan fingerprint density at radius 2 is 1.83 bits per heavy atom. The van der Waals surface area contributed by atoms with E-state index >= 15 is 0 Å². The average Bonchev–Trinajstić information content (AvgIpc) is 3.03. The van der Waals surface area contributed by atoms with Crippen molar-refractivity contribution in [2.45, 2.75) is 25.6 Å². The van der Waals surface area contributed by atoms with Crippen LogP contribution in [0.5, 0.6) is 11.8 Å². The van der Waals surface area contributed by atoms with Gasteiger partial charge in [0, 0.05) is 55.4 Å². The number of rotatable bonds is 10. The van der Waals surface area contributed by atoms with E-state index in [-0.39, 0.29) is 12.6 Å². The van der Waals surface area contributed by atoms with Crippen LogP contribution in [0.4, 0.5) is 11.5 Å². The Balaban J connectivity index is 1.33. The molecule has 3 heterocycles. The summed E-state index contributed by atoms with van der Waals surface area (Å²) in [6.45, 7) is 5.67. The zero-order valence-corrected chi connectivity index (χ0v) is 24.5. The predicted molar refractivity (Wildman–Crippen MR) is 167 cm³/mol. The number of aliphatic hydroxyl groups excluding tert-OH is 1. The Morgan fingerprint density at radius 3 is 2.67 bits per heavy atom.